The van der Waals surface area contributed by atoms with Crippen LogP contribution >= 0.6 is 0 Å². The first-order chi connectivity index (χ1) is 9.27. The van der Waals surface area contributed by atoms with Crippen molar-refractivity contribution in [3.8, 4) is 0 Å². The Morgan fingerprint density at radius 1 is 1.37 bits per heavy atom. The number of methoxy groups -OCH3 is 1. The maximum absolute atomic E-state index is 11.7. The Morgan fingerprint density at radius 2 is 2.16 bits per heavy atom. The van der Waals surface area contributed by atoms with E-state index in [9.17, 15) is 4.79 Å². The SMILES string of the molecule is COCCOCc1c(C(=O)NN)oc2ccccc12. The molecule has 0 radical (unpaired) electrons. The molecule has 1 heterocycles. The first-order valence-corrected chi connectivity index (χ1v) is 5.86. The van der Waals surface area contributed by atoms with Gasteiger partial charge in [-0.05, 0) is 6.07 Å². The maximum atomic E-state index is 11.7. The molecule has 0 aliphatic carbocycles. The molecule has 6 heteroatoms. The van der Waals surface area contributed by atoms with Gasteiger partial charge in [0.25, 0.3) is 0 Å². The fourth-order valence-electron chi connectivity index (χ4n) is 1.81. The lowest BCUT2D eigenvalue weighted by atomic mass is 10.1. The quantitative estimate of drug-likeness (QED) is 0.354. The maximum Gasteiger partial charge on any atom is 0.301 e. The summed E-state index contributed by atoms with van der Waals surface area (Å²) in [5, 5.41) is 0.846. The van der Waals surface area contributed by atoms with Gasteiger partial charge in [0.05, 0.1) is 19.8 Å². The topological polar surface area (TPSA) is 86.7 Å². The Morgan fingerprint density at radius 3 is 2.89 bits per heavy atom. The average Bonchev–Trinajstić information content (AvgIpc) is 2.81. The number of nitrogens with one attached hydrogen (secondary N) is 1. The van der Waals surface area contributed by atoms with E-state index in [4.69, 9.17) is 19.7 Å². The zero-order chi connectivity index (χ0) is 13.7. The number of hydrazine groups is 1. The number of hydrogen-bond donors (Lipinski definition) is 2. The van der Waals surface area contributed by atoms with Crippen molar-refractivity contribution < 1.29 is 18.7 Å². The van der Waals surface area contributed by atoms with Crippen LogP contribution in [0.5, 0.6) is 0 Å². The zero-order valence-electron chi connectivity index (χ0n) is 10.6. The van der Waals surface area contributed by atoms with Crippen molar-refractivity contribution in [2.75, 3.05) is 20.3 Å². The fourth-order valence-corrected chi connectivity index (χ4v) is 1.81. The number of nitrogens with two attached hydrogens (primary N) is 1. The summed E-state index contributed by atoms with van der Waals surface area (Å²) >= 11 is 0. The largest absolute Gasteiger partial charge is 0.450 e. The highest BCUT2D eigenvalue weighted by molar-refractivity contribution is 5.98. The molecule has 0 unspecified atom stereocenters. The highest BCUT2D eigenvalue weighted by Gasteiger charge is 2.19. The molecular formula is C13H16N2O4. The van der Waals surface area contributed by atoms with Crippen molar-refractivity contribution in [3.63, 3.8) is 0 Å². The minimum absolute atomic E-state index is 0.182. The number of benzene rings is 1. The van der Waals surface area contributed by atoms with Crippen LogP contribution in [0.2, 0.25) is 0 Å². The lowest BCUT2D eigenvalue weighted by molar-refractivity contribution is 0.0609. The van der Waals surface area contributed by atoms with E-state index < -0.39 is 5.91 Å². The average molecular weight is 264 g/mol. The number of amides is 1. The number of furan rings is 1. The molecule has 2 aromatic rings. The van der Waals surface area contributed by atoms with Crippen LogP contribution in [-0.2, 0) is 16.1 Å². The highest BCUT2D eigenvalue weighted by atomic mass is 16.5. The number of rotatable bonds is 6. The van der Waals surface area contributed by atoms with E-state index in [1.165, 1.54) is 0 Å². The fraction of sp³-hybridized carbons (Fsp3) is 0.308. The second-order valence-electron chi connectivity index (χ2n) is 3.92. The van der Waals surface area contributed by atoms with Gasteiger partial charge in [-0.3, -0.25) is 10.2 Å². The number of para-hydroxylation sites is 1. The number of carbonyl (C=O) groups excluding carboxylic acids is 1. The minimum Gasteiger partial charge on any atom is -0.450 e. The molecule has 0 aliphatic rings. The standard InChI is InChI=1S/C13H16N2O4/c1-17-6-7-18-8-10-9-4-2-3-5-11(9)19-12(10)13(16)15-14/h2-5H,6-8,14H2,1H3,(H,15,16). The molecule has 0 atom stereocenters. The van der Waals surface area contributed by atoms with Crippen LogP contribution in [0.25, 0.3) is 11.0 Å². The predicted octanol–water partition coefficient (Wildman–Crippen LogP) is 1.20. The number of fused-ring (bicyclic) bond motifs is 1. The Bertz CT molecular complexity index is 565. The number of carbonyl (C=O) groups is 1. The summed E-state index contributed by atoms with van der Waals surface area (Å²) in [6, 6.07) is 7.38. The third-order valence-corrected chi connectivity index (χ3v) is 2.71. The Hall–Kier alpha value is -1.89. The molecule has 19 heavy (non-hydrogen) atoms. The van der Waals surface area contributed by atoms with Crippen molar-refractivity contribution in [2.24, 2.45) is 5.84 Å². The first-order valence-electron chi connectivity index (χ1n) is 5.86. The molecule has 6 nitrogen and oxygen atoms in total. The van der Waals surface area contributed by atoms with Crippen LogP contribution in [0.1, 0.15) is 16.1 Å². The van der Waals surface area contributed by atoms with Crippen LogP contribution in [0.4, 0.5) is 0 Å². The molecule has 0 aliphatic heterocycles. The van der Waals surface area contributed by atoms with Crippen molar-refractivity contribution in [1.82, 2.24) is 5.43 Å². The number of nitrogen functional groups attached to an aromatic ring is 1. The van der Waals surface area contributed by atoms with Gasteiger partial charge in [-0.2, -0.15) is 0 Å². The van der Waals surface area contributed by atoms with E-state index in [0.717, 1.165) is 5.39 Å². The third kappa shape index (κ3) is 2.93. The van der Waals surface area contributed by atoms with Crippen LogP contribution in [0.3, 0.4) is 0 Å². The van der Waals surface area contributed by atoms with Crippen LogP contribution in [0, 0.1) is 0 Å². The summed E-state index contributed by atoms with van der Waals surface area (Å²) in [4.78, 5) is 11.7. The molecule has 2 rings (SSSR count). The van der Waals surface area contributed by atoms with Crippen molar-refractivity contribution in [3.05, 3.63) is 35.6 Å². The van der Waals surface area contributed by atoms with Gasteiger partial charge in [0, 0.05) is 18.1 Å². The second-order valence-corrected chi connectivity index (χ2v) is 3.92. The summed E-state index contributed by atoms with van der Waals surface area (Å²) in [7, 11) is 1.60. The van der Waals surface area contributed by atoms with Gasteiger partial charge in [0.2, 0.25) is 0 Å². The molecule has 0 saturated heterocycles. The van der Waals surface area contributed by atoms with E-state index >= 15 is 0 Å². The van der Waals surface area contributed by atoms with Gasteiger partial charge in [0.1, 0.15) is 5.58 Å². The lowest BCUT2D eigenvalue weighted by Gasteiger charge is -2.04. The molecule has 0 fully saturated rings. The first kappa shape index (κ1) is 13.5. The van der Waals surface area contributed by atoms with Crippen LogP contribution in [0.15, 0.2) is 28.7 Å². The number of hydrogen-bond acceptors (Lipinski definition) is 5. The summed E-state index contributed by atoms with van der Waals surface area (Å²) in [5.74, 6) is 4.86. The summed E-state index contributed by atoms with van der Waals surface area (Å²) < 4.78 is 15.9. The van der Waals surface area contributed by atoms with E-state index in [0.29, 0.717) is 24.4 Å². The highest BCUT2D eigenvalue weighted by Crippen LogP contribution is 2.26. The van der Waals surface area contributed by atoms with Gasteiger partial charge >= 0.3 is 5.91 Å². The minimum atomic E-state index is -0.471. The Labute approximate surface area is 110 Å². The van der Waals surface area contributed by atoms with Gasteiger partial charge in [-0.1, -0.05) is 18.2 Å². The third-order valence-electron chi connectivity index (χ3n) is 2.71. The van der Waals surface area contributed by atoms with Crippen molar-refractivity contribution in [2.45, 2.75) is 6.61 Å². The summed E-state index contributed by atoms with van der Waals surface area (Å²) in [5.41, 5.74) is 3.39. The van der Waals surface area contributed by atoms with Gasteiger partial charge < -0.3 is 13.9 Å². The molecule has 102 valence electrons. The molecule has 0 spiro atoms. The summed E-state index contributed by atoms with van der Waals surface area (Å²) in [6.45, 7) is 1.21. The lowest BCUT2D eigenvalue weighted by Crippen LogP contribution is -2.30. The number of ether oxygens (including phenoxy) is 2. The molecule has 0 saturated carbocycles. The van der Waals surface area contributed by atoms with E-state index in [1.807, 2.05) is 18.2 Å². The molecule has 1 aromatic carbocycles. The molecule has 0 bridgehead atoms. The van der Waals surface area contributed by atoms with E-state index in [2.05, 4.69) is 5.43 Å². The molecule has 3 N–H and O–H groups in total. The molecule has 1 amide bonds. The van der Waals surface area contributed by atoms with Crippen molar-refractivity contribution in [1.29, 1.82) is 0 Å². The Kier molecular flexibility index (Phi) is 4.51. The van der Waals surface area contributed by atoms with Gasteiger partial charge in [-0.25, -0.2) is 5.84 Å². The summed E-state index contributed by atoms with van der Waals surface area (Å²) in [6.07, 6.45) is 0. The molecular weight excluding hydrogens is 248 g/mol. The van der Waals surface area contributed by atoms with Crippen molar-refractivity contribution >= 4 is 16.9 Å². The predicted molar refractivity (Wildman–Crippen MR) is 69.4 cm³/mol. The van der Waals surface area contributed by atoms with E-state index in [1.54, 1.807) is 13.2 Å². The second kappa shape index (κ2) is 6.33. The van der Waals surface area contributed by atoms with Gasteiger partial charge in [-0.15, -0.1) is 0 Å². The van der Waals surface area contributed by atoms with Crippen LogP contribution < -0.4 is 11.3 Å². The molecule has 1 aromatic heterocycles. The zero-order valence-corrected chi connectivity index (χ0v) is 10.6. The monoisotopic (exact) mass is 264 g/mol. The normalized spacial score (nSPS) is 10.8. The van der Waals surface area contributed by atoms with Crippen LogP contribution in [-0.4, -0.2) is 26.2 Å². The van der Waals surface area contributed by atoms with Gasteiger partial charge in [0.15, 0.2) is 5.76 Å². The van der Waals surface area contributed by atoms with E-state index in [-0.39, 0.29) is 12.4 Å². The Balaban J connectivity index is 2.29. The smallest absolute Gasteiger partial charge is 0.301 e.